The molecule has 2 rings (SSSR count). The first kappa shape index (κ1) is 16.1. The molecule has 0 bridgehead atoms. The van der Waals surface area contributed by atoms with Crippen LogP contribution in [-0.4, -0.2) is 11.8 Å². The molecule has 0 saturated heterocycles. The number of carbonyl (C=O) groups is 2. The predicted molar refractivity (Wildman–Crippen MR) is 83.2 cm³/mol. The Morgan fingerprint density at radius 1 is 1.19 bits per heavy atom. The van der Waals surface area contributed by atoms with E-state index in [1.165, 1.54) is 6.92 Å². The van der Waals surface area contributed by atoms with Gasteiger partial charge in [0.1, 0.15) is 5.76 Å². The molecule has 0 atom stereocenters. The summed E-state index contributed by atoms with van der Waals surface area (Å²) in [6.07, 6.45) is 0.918. The SMILES string of the molecule is CC(=O)OC1=C(c2ccc(Cl)c(Cl)c2)C(=O)CC(C)(C)C1. The van der Waals surface area contributed by atoms with Crippen LogP contribution in [0.2, 0.25) is 10.0 Å². The van der Waals surface area contributed by atoms with Crippen molar-refractivity contribution in [3.05, 3.63) is 39.6 Å². The molecule has 0 saturated carbocycles. The molecule has 5 heteroatoms. The maximum atomic E-state index is 12.5. The molecule has 0 unspecified atom stereocenters. The van der Waals surface area contributed by atoms with Crippen molar-refractivity contribution in [2.75, 3.05) is 0 Å². The van der Waals surface area contributed by atoms with Crippen molar-refractivity contribution in [1.29, 1.82) is 0 Å². The second kappa shape index (κ2) is 5.82. The molecule has 0 aromatic heterocycles. The summed E-state index contributed by atoms with van der Waals surface area (Å²) in [5.74, 6) is -0.0870. The van der Waals surface area contributed by atoms with Crippen LogP contribution in [0.15, 0.2) is 24.0 Å². The summed E-state index contributed by atoms with van der Waals surface area (Å²) < 4.78 is 5.28. The fourth-order valence-electron chi connectivity index (χ4n) is 2.50. The van der Waals surface area contributed by atoms with Crippen LogP contribution in [0.4, 0.5) is 0 Å². The zero-order valence-corrected chi connectivity index (χ0v) is 13.6. The maximum Gasteiger partial charge on any atom is 0.307 e. The molecule has 112 valence electrons. The average molecular weight is 327 g/mol. The van der Waals surface area contributed by atoms with Gasteiger partial charge in [-0.1, -0.05) is 43.1 Å². The summed E-state index contributed by atoms with van der Waals surface area (Å²) in [5.41, 5.74) is 0.811. The van der Waals surface area contributed by atoms with Gasteiger partial charge < -0.3 is 4.74 Å². The third-order valence-electron chi connectivity index (χ3n) is 3.31. The quantitative estimate of drug-likeness (QED) is 0.742. The average Bonchev–Trinajstić information content (AvgIpc) is 2.30. The van der Waals surface area contributed by atoms with E-state index in [-0.39, 0.29) is 11.2 Å². The molecule has 1 aromatic carbocycles. The number of Topliss-reactive ketones (excluding diaryl/α,β-unsaturated/α-hetero) is 1. The molecule has 0 radical (unpaired) electrons. The number of benzene rings is 1. The number of hydrogen-bond acceptors (Lipinski definition) is 3. The van der Waals surface area contributed by atoms with Crippen molar-refractivity contribution >= 4 is 40.5 Å². The van der Waals surface area contributed by atoms with Crippen LogP contribution in [0.5, 0.6) is 0 Å². The Hall–Kier alpha value is -1.32. The van der Waals surface area contributed by atoms with Gasteiger partial charge in [-0.25, -0.2) is 0 Å². The van der Waals surface area contributed by atoms with Crippen LogP contribution in [0.3, 0.4) is 0 Å². The molecule has 3 nitrogen and oxygen atoms in total. The number of esters is 1. The lowest BCUT2D eigenvalue weighted by molar-refractivity contribution is -0.137. The number of rotatable bonds is 2. The summed E-state index contributed by atoms with van der Waals surface area (Å²) in [6, 6.07) is 4.97. The number of halogens is 2. The minimum Gasteiger partial charge on any atom is -0.430 e. The fourth-order valence-corrected chi connectivity index (χ4v) is 2.80. The highest BCUT2D eigenvalue weighted by Gasteiger charge is 2.35. The number of ether oxygens (including phenoxy) is 1. The van der Waals surface area contributed by atoms with E-state index in [1.54, 1.807) is 18.2 Å². The summed E-state index contributed by atoms with van der Waals surface area (Å²) in [6.45, 7) is 5.27. The van der Waals surface area contributed by atoms with Crippen molar-refractivity contribution < 1.29 is 14.3 Å². The van der Waals surface area contributed by atoms with Crippen molar-refractivity contribution in [3.8, 4) is 0 Å². The zero-order valence-electron chi connectivity index (χ0n) is 12.1. The molecule has 21 heavy (non-hydrogen) atoms. The van der Waals surface area contributed by atoms with E-state index in [4.69, 9.17) is 27.9 Å². The molecule has 1 aliphatic carbocycles. The highest BCUT2D eigenvalue weighted by Crippen LogP contribution is 2.41. The Kier molecular flexibility index (Phi) is 4.45. The third-order valence-corrected chi connectivity index (χ3v) is 4.05. The van der Waals surface area contributed by atoms with Gasteiger partial charge in [0.2, 0.25) is 0 Å². The van der Waals surface area contributed by atoms with E-state index in [9.17, 15) is 9.59 Å². The molecule has 0 N–H and O–H groups in total. The smallest absolute Gasteiger partial charge is 0.307 e. The van der Waals surface area contributed by atoms with E-state index in [1.807, 2.05) is 13.8 Å². The lowest BCUT2D eigenvalue weighted by atomic mass is 9.75. The molecule has 1 aromatic rings. The van der Waals surface area contributed by atoms with Gasteiger partial charge in [-0.2, -0.15) is 0 Å². The first-order valence-electron chi connectivity index (χ1n) is 6.60. The highest BCUT2D eigenvalue weighted by atomic mass is 35.5. The van der Waals surface area contributed by atoms with E-state index in [2.05, 4.69) is 0 Å². The summed E-state index contributed by atoms with van der Waals surface area (Å²) in [5, 5.41) is 0.778. The molecule has 0 amide bonds. The van der Waals surface area contributed by atoms with E-state index < -0.39 is 5.97 Å². The number of carbonyl (C=O) groups excluding carboxylic acids is 2. The molecular weight excluding hydrogens is 311 g/mol. The van der Waals surface area contributed by atoms with E-state index >= 15 is 0 Å². The van der Waals surface area contributed by atoms with E-state index in [0.717, 1.165) is 0 Å². The lowest BCUT2D eigenvalue weighted by Crippen LogP contribution is -2.26. The summed E-state index contributed by atoms with van der Waals surface area (Å²) >= 11 is 11.9. The van der Waals surface area contributed by atoms with Crippen LogP contribution in [0, 0.1) is 5.41 Å². The topological polar surface area (TPSA) is 43.4 Å². The second-order valence-electron chi connectivity index (χ2n) is 5.96. The highest BCUT2D eigenvalue weighted by molar-refractivity contribution is 6.42. The molecule has 1 aliphatic rings. The van der Waals surface area contributed by atoms with Crippen LogP contribution in [0.25, 0.3) is 5.57 Å². The van der Waals surface area contributed by atoms with Gasteiger partial charge in [0.05, 0.1) is 15.6 Å². The summed E-state index contributed by atoms with van der Waals surface area (Å²) in [4.78, 5) is 23.8. The van der Waals surface area contributed by atoms with Gasteiger partial charge >= 0.3 is 5.97 Å². The Balaban J connectivity index is 2.57. The van der Waals surface area contributed by atoms with Gasteiger partial charge in [-0.3, -0.25) is 9.59 Å². The maximum absolute atomic E-state index is 12.5. The number of hydrogen-bond donors (Lipinski definition) is 0. The van der Waals surface area contributed by atoms with Gasteiger partial charge in [0.15, 0.2) is 5.78 Å². The Labute approximate surface area is 133 Å². The molecule has 0 heterocycles. The normalized spacial score (nSPS) is 17.9. The minimum atomic E-state index is -0.437. The Morgan fingerprint density at radius 2 is 1.86 bits per heavy atom. The van der Waals surface area contributed by atoms with Gasteiger partial charge in [-0.05, 0) is 23.1 Å². The Morgan fingerprint density at radius 3 is 2.43 bits per heavy atom. The van der Waals surface area contributed by atoms with Crippen molar-refractivity contribution in [2.24, 2.45) is 5.41 Å². The van der Waals surface area contributed by atoms with Gasteiger partial charge in [-0.15, -0.1) is 0 Å². The lowest BCUT2D eigenvalue weighted by Gasteiger charge is -2.31. The monoisotopic (exact) mass is 326 g/mol. The third kappa shape index (κ3) is 3.66. The van der Waals surface area contributed by atoms with Gasteiger partial charge in [0, 0.05) is 19.8 Å². The minimum absolute atomic E-state index is 0.0547. The van der Waals surface area contributed by atoms with Crippen LogP contribution >= 0.6 is 23.2 Å². The first-order chi connectivity index (χ1) is 9.69. The van der Waals surface area contributed by atoms with Crippen molar-refractivity contribution in [1.82, 2.24) is 0 Å². The summed E-state index contributed by atoms with van der Waals surface area (Å²) in [7, 11) is 0. The van der Waals surface area contributed by atoms with Crippen LogP contribution < -0.4 is 0 Å². The van der Waals surface area contributed by atoms with Gasteiger partial charge in [0.25, 0.3) is 0 Å². The fraction of sp³-hybridized carbons (Fsp3) is 0.375. The largest absolute Gasteiger partial charge is 0.430 e. The Bertz CT molecular complexity index is 645. The number of allylic oxidation sites excluding steroid dienone is 2. The van der Waals surface area contributed by atoms with Crippen molar-refractivity contribution in [2.45, 2.75) is 33.6 Å². The van der Waals surface area contributed by atoms with Crippen molar-refractivity contribution in [3.63, 3.8) is 0 Å². The van der Waals surface area contributed by atoms with Crippen LogP contribution in [0.1, 0.15) is 39.2 Å². The van der Waals surface area contributed by atoms with E-state index in [0.29, 0.717) is 39.8 Å². The zero-order chi connectivity index (χ0) is 15.8. The molecular formula is C16H16Cl2O3. The molecule has 0 spiro atoms. The first-order valence-corrected chi connectivity index (χ1v) is 7.35. The second-order valence-corrected chi connectivity index (χ2v) is 6.78. The standard InChI is InChI=1S/C16H16Cl2O3/c1-9(19)21-14-8-16(2,3)7-13(20)15(14)10-4-5-11(17)12(18)6-10/h4-6H,7-8H2,1-3H3. The number of ketones is 1. The molecule has 0 fully saturated rings. The van der Waals surface area contributed by atoms with Crippen LogP contribution in [-0.2, 0) is 14.3 Å². The molecule has 0 aliphatic heterocycles. The predicted octanol–water partition coefficient (Wildman–Crippen LogP) is 4.66.